The highest BCUT2D eigenvalue weighted by Crippen LogP contribution is 2.37. The maximum Gasteiger partial charge on any atom is 0.167 e. The largest absolute Gasteiger partial charge is 0.512 e. The molecule has 0 aliphatic heterocycles. The van der Waals surface area contributed by atoms with E-state index in [0.717, 1.165) is 24.0 Å². The van der Waals surface area contributed by atoms with Gasteiger partial charge < -0.3 is 15.2 Å². The van der Waals surface area contributed by atoms with Gasteiger partial charge >= 0.3 is 0 Å². The molecule has 2 N–H and O–H groups in total. The fraction of sp³-hybridized carbons (Fsp3) is 0.267. The lowest BCUT2D eigenvalue weighted by molar-refractivity contribution is -0.115. The van der Waals surface area contributed by atoms with Crippen LogP contribution < -0.4 is 5.32 Å². The van der Waals surface area contributed by atoms with Crippen LogP contribution in [0.25, 0.3) is 5.57 Å². The molecule has 0 aromatic heterocycles. The SMILES string of the molecule is Cc1ccc(SCCC2CC(=O)C(c3ccccc3N[C@H](C=O)Cc3ccccc3)=C(O)C2)cc1. The van der Waals surface area contributed by atoms with E-state index in [1.54, 1.807) is 11.8 Å². The number of thioether (sulfide) groups is 1. The number of Topliss-reactive ketones (excluding diaryl/α,β-unsaturated/α-hetero) is 1. The Bertz CT molecular complexity index is 1190. The van der Waals surface area contributed by atoms with Gasteiger partial charge in [-0.3, -0.25) is 4.79 Å². The van der Waals surface area contributed by atoms with Crippen molar-refractivity contribution in [2.24, 2.45) is 5.92 Å². The van der Waals surface area contributed by atoms with E-state index in [9.17, 15) is 14.7 Å². The number of aliphatic hydroxyl groups is 1. The molecule has 0 amide bonds. The maximum absolute atomic E-state index is 13.2. The standard InChI is InChI=1S/C30H31NO3S/c1-21-11-13-25(14-12-21)35-16-15-23-18-28(33)30(29(34)19-23)26-9-5-6-10-27(26)31-24(20-32)17-22-7-3-2-4-8-22/h2-14,20,23-24,31,33H,15-19H2,1H3/t23?,24-/m0/s1. The number of nitrogens with one attached hydrogen (secondary N) is 1. The molecule has 0 saturated carbocycles. The zero-order valence-electron chi connectivity index (χ0n) is 19.9. The van der Waals surface area contributed by atoms with Gasteiger partial charge in [0.2, 0.25) is 0 Å². The predicted molar refractivity (Wildman–Crippen MR) is 144 cm³/mol. The fourth-order valence-electron chi connectivity index (χ4n) is 4.49. The average Bonchev–Trinajstić information content (AvgIpc) is 2.86. The molecule has 5 heteroatoms. The van der Waals surface area contributed by atoms with Crippen molar-refractivity contribution < 1.29 is 14.7 Å². The molecule has 35 heavy (non-hydrogen) atoms. The highest BCUT2D eigenvalue weighted by molar-refractivity contribution is 7.99. The number of para-hydroxylation sites is 1. The van der Waals surface area contributed by atoms with Gasteiger partial charge in [-0.15, -0.1) is 11.8 Å². The number of carbonyl (C=O) groups is 2. The molecule has 0 spiro atoms. The summed E-state index contributed by atoms with van der Waals surface area (Å²) >= 11 is 1.78. The molecule has 0 bridgehead atoms. The van der Waals surface area contributed by atoms with Crippen LogP contribution in [0.5, 0.6) is 0 Å². The van der Waals surface area contributed by atoms with Gasteiger partial charge in [-0.25, -0.2) is 0 Å². The van der Waals surface area contributed by atoms with Gasteiger partial charge in [0.1, 0.15) is 12.0 Å². The smallest absolute Gasteiger partial charge is 0.167 e. The molecule has 2 atom stereocenters. The zero-order chi connectivity index (χ0) is 24.6. The topological polar surface area (TPSA) is 66.4 Å². The summed E-state index contributed by atoms with van der Waals surface area (Å²) in [6.07, 6.45) is 3.21. The molecule has 0 radical (unpaired) electrons. The molecular formula is C30H31NO3S. The first-order valence-electron chi connectivity index (χ1n) is 12.0. The van der Waals surface area contributed by atoms with Crippen molar-refractivity contribution in [2.45, 2.75) is 43.5 Å². The third-order valence-corrected chi connectivity index (χ3v) is 7.38. The van der Waals surface area contributed by atoms with E-state index in [2.05, 4.69) is 36.5 Å². The Morgan fingerprint density at radius 3 is 2.43 bits per heavy atom. The van der Waals surface area contributed by atoms with E-state index < -0.39 is 6.04 Å². The number of aryl methyl sites for hydroxylation is 1. The first-order chi connectivity index (χ1) is 17.0. The van der Waals surface area contributed by atoms with Gasteiger partial charge in [-0.2, -0.15) is 0 Å². The van der Waals surface area contributed by atoms with Gasteiger partial charge in [0.15, 0.2) is 5.78 Å². The lowest BCUT2D eigenvalue weighted by atomic mass is 9.82. The number of hydrogen-bond acceptors (Lipinski definition) is 5. The summed E-state index contributed by atoms with van der Waals surface area (Å²) in [4.78, 5) is 26.2. The molecule has 1 aliphatic carbocycles. The van der Waals surface area contributed by atoms with Crippen LogP contribution in [0.15, 0.2) is 89.5 Å². The summed E-state index contributed by atoms with van der Waals surface area (Å²) in [5, 5.41) is 14.2. The number of allylic oxidation sites excluding steroid dienone is 2. The van der Waals surface area contributed by atoms with Crippen molar-refractivity contribution in [1.29, 1.82) is 0 Å². The third-order valence-electron chi connectivity index (χ3n) is 6.34. The van der Waals surface area contributed by atoms with Crippen molar-refractivity contribution in [2.75, 3.05) is 11.1 Å². The number of rotatable bonds is 10. The maximum atomic E-state index is 13.2. The van der Waals surface area contributed by atoms with Crippen LogP contribution in [0.2, 0.25) is 0 Å². The van der Waals surface area contributed by atoms with Crippen LogP contribution in [-0.2, 0) is 16.0 Å². The number of benzene rings is 3. The molecule has 1 unspecified atom stereocenters. The molecule has 3 aromatic rings. The molecule has 0 fully saturated rings. The molecule has 0 saturated heterocycles. The summed E-state index contributed by atoms with van der Waals surface area (Å²) in [5.74, 6) is 1.14. The third kappa shape index (κ3) is 6.64. The van der Waals surface area contributed by atoms with Crippen LogP contribution in [0, 0.1) is 12.8 Å². The Morgan fingerprint density at radius 2 is 1.71 bits per heavy atom. The van der Waals surface area contributed by atoms with Crippen LogP contribution in [0.3, 0.4) is 0 Å². The Labute approximate surface area is 211 Å². The highest BCUT2D eigenvalue weighted by Gasteiger charge is 2.30. The minimum atomic E-state index is -0.438. The minimum Gasteiger partial charge on any atom is -0.512 e. The molecule has 3 aromatic carbocycles. The average molecular weight is 486 g/mol. The second-order valence-corrected chi connectivity index (χ2v) is 10.3. The number of hydrogen-bond donors (Lipinski definition) is 2. The Hall–Kier alpha value is -3.31. The zero-order valence-corrected chi connectivity index (χ0v) is 20.8. The van der Waals surface area contributed by atoms with Crippen LogP contribution >= 0.6 is 11.8 Å². The van der Waals surface area contributed by atoms with Gasteiger partial charge in [0.05, 0.1) is 11.6 Å². The van der Waals surface area contributed by atoms with E-state index in [1.165, 1.54) is 10.5 Å². The van der Waals surface area contributed by atoms with E-state index in [4.69, 9.17) is 0 Å². The van der Waals surface area contributed by atoms with Gasteiger partial charge in [0.25, 0.3) is 0 Å². The number of aliphatic hydroxyl groups excluding tert-OH is 1. The minimum absolute atomic E-state index is 0.0425. The van der Waals surface area contributed by atoms with E-state index in [1.807, 2.05) is 54.6 Å². The number of ketones is 1. The lowest BCUT2D eigenvalue weighted by Gasteiger charge is -2.25. The highest BCUT2D eigenvalue weighted by atomic mass is 32.2. The van der Waals surface area contributed by atoms with Crippen LogP contribution in [0.4, 0.5) is 5.69 Å². The number of anilines is 1. The summed E-state index contributed by atoms with van der Waals surface area (Å²) < 4.78 is 0. The Balaban J connectivity index is 1.44. The summed E-state index contributed by atoms with van der Waals surface area (Å²) in [6, 6.07) is 25.2. The quantitative estimate of drug-likeness (QED) is 0.249. The van der Waals surface area contributed by atoms with E-state index in [0.29, 0.717) is 36.1 Å². The predicted octanol–water partition coefficient (Wildman–Crippen LogP) is 6.65. The second kappa shape index (κ2) is 11.9. The molecule has 4 nitrogen and oxygen atoms in total. The van der Waals surface area contributed by atoms with Crippen LogP contribution in [0.1, 0.15) is 36.0 Å². The van der Waals surface area contributed by atoms with Crippen molar-refractivity contribution >= 4 is 35.1 Å². The van der Waals surface area contributed by atoms with Crippen LogP contribution in [-0.4, -0.2) is 29.0 Å². The second-order valence-electron chi connectivity index (χ2n) is 9.09. The molecule has 0 heterocycles. The summed E-state index contributed by atoms with van der Waals surface area (Å²) in [7, 11) is 0. The van der Waals surface area contributed by atoms with E-state index in [-0.39, 0.29) is 17.5 Å². The molecule has 1 aliphatic rings. The Kier molecular flexibility index (Phi) is 8.43. The summed E-state index contributed by atoms with van der Waals surface area (Å²) in [5.41, 5.74) is 4.01. The van der Waals surface area contributed by atoms with Crippen molar-refractivity contribution in [3.8, 4) is 0 Å². The van der Waals surface area contributed by atoms with E-state index >= 15 is 0 Å². The molecular weight excluding hydrogens is 454 g/mol. The Morgan fingerprint density at radius 1 is 1.00 bits per heavy atom. The number of carbonyl (C=O) groups excluding carboxylic acids is 2. The molecule has 180 valence electrons. The first kappa shape index (κ1) is 24.8. The first-order valence-corrected chi connectivity index (χ1v) is 13.0. The van der Waals surface area contributed by atoms with Gasteiger partial charge in [0, 0.05) is 29.0 Å². The number of aldehydes is 1. The van der Waals surface area contributed by atoms with Gasteiger partial charge in [-0.05, 0) is 55.2 Å². The monoisotopic (exact) mass is 485 g/mol. The fourth-order valence-corrected chi connectivity index (χ4v) is 5.50. The van der Waals surface area contributed by atoms with Gasteiger partial charge in [-0.1, -0.05) is 66.2 Å². The molecule has 4 rings (SSSR count). The normalized spacial score (nSPS) is 16.7. The van der Waals surface area contributed by atoms with Crippen molar-refractivity contribution in [1.82, 2.24) is 0 Å². The van der Waals surface area contributed by atoms with Crippen molar-refractivity contribution in [3.63, 3.8) is 0 Å². The van der Waals surface area contributed by atoms with Crippen molar-refractivity contribution in [3.05, 3.63) is 101 Å². The lowest BCUT2D eigenvalue weighted by Crippen LogP contribution is -2.25. The summed E-state index contributed by atoms with van der Waals surface area (Å²) in [6.45, 7) is 2.07.